The van der Waals surface area contributed by atoms with Crippen molar-refractivity contribution < 1.29 is 33.1 Å². The summed E-state index contributed by atoms with van der Waals surface area (Å²) < 4.78 is 29.7. The number of esters is 1. The van der Waals surface area contributed by atoms with Crippen molar-refractivity contribution in [3.8, 4) is 5.75 Å². The summed E-state index contributed by atoms with van der Waals surface area (Å²) in [7, 11) is 1.07. The number of nitro benzene ring substituents is 1. The Hall–Kier alpha value is -2.91. The molecule has 1 heterocycles. The van der Waals surface area contributed by atoms with Gasteiger partial charge in [-0.3, -0.25) is 10.1 Å². The molecule has 154 valence electrons. The Morgan fingerprint density at radius 1 is 1.25 bits per heavy atom. The molecule has 1 aliphatic heterocycles. The van der Waals surface area contributed by atoms with E-state index in [2.05, 4.69) is 4.74 Å². The van der Waals surface area contributed by atoms with Crippen molar-refractivity contribution in [2.45, 2.75) is 45.3 Å². The summed E-state index contributed by atoms with van der Waals surface area (Å²) in [5.74, 6) is -2.19. The van der Waals surface area contributed by atoms with Crippen LogP contribution in [0.2, 0.25) is 0 Å². The van der Waals surface area contributed by atoms with Crippen molar-refractivity contribution >= 4 is 17.7 Å². The van der Waals surface area contributed by atoms with Crippen LogP contribution in [0.3, 0.4) is 0 Å². The van der Waals surface area contributed by atoms with E-state index < -0.39 is 45.8 Å². The summed E-state index contributed by atoms with van der Waals surface area (Å²) in [6, 6.07) is 1.61. The Balaban J connectivity index is 2.08. The summed E-state index contributed by atoms with van der Waals surface area (Å²) in [6.45, 7) is 6.04. The van der Waals surface area contributed by atoms with Crippen molar-refractivity contribution in [3.05, 3.63) is 33.6 Å². The van der Waals surface area contributed by atoms with E-state index in [1.807, 2.05) is 0 Å². The Bertz CT molecular complexity index is 768. The van der Waals surface area contributed by atoms with E-state index in [-0.39, 0.29) is 5.75 Å². The second kappa shape index (κ2) is 8.41. The lowest BCUT2D eigenvalue weighted by Gasteiger charge is -2.33. The van der Waals surface area contributed by atoms with E-state index in [1.165, 1.54) is 4.90 Å². The molecule has 28 heavy (non-hydrogen) atoms. The van der Waals surface area contributed by atoms with Crippen LogP contribution in [0.5, 0.6) is 5.75 Å². The molecule has 0 radical (unpaired) electrons. The molecular weight excluding hydrogens is 375 g/mol. The summed E-state index contributed by atoms with van der Waals surface area (Å²) in [6.07, 6.45) is -0.00694. The van der Waals surface area contributed by atoms with E-state index in [9.17, 15) is 24.1 Å². The van der Waals surface area contributed by atoms with Gasteiger partial charge in [-0.05, 0) is 20.8 Å². The van der Waals surface area contributed by atoms with E-state index in [4.69, 9.17) is 9.47 Å². The number of carbonyl (C=O) groups is 2. The zero-order chi connectivity index (χ0) is 21.1. The second-order valence-electron chi connectivity index (χ2n) is 7.33. The topological polar surface area (TPSA) is 108 Å². The number of hydrogen-bond donors (Lipinski definition) is 0. The molecule has 1 saturated heterocycles. The number of nitro groups is 1. The standard InChI is InChI=1S/C18H23FN2O7/c1-18(2,3)28-17(23)20-7-5-11(6-8-20)27-15-9-12(16(22)26-4)14(21(24)25)10-13(15)19/h9-11H,5-8H2,1-4H3. The average Bonchev–Trinajstić information content (AvgIpc) is 2.61. The highest BCUT2D eigenvalue weighted by molar-refractivity contribution is 5.94. The van der Waals surface area contributed by atoms with E-state index >= 15 is 0 Å². The molecule has 0 aliphatic carbocycles. The molecule has 0 unspecified atom stereocenters. The van der Waals surface area contributed by atoms with Crippen LogP contribution in [-0.4, -0.2) is 53.8 Å². The number of likely N-dealkylation sites (tertiary alicyclic amines) is 1. The lowest BCUT2D eigenvalue weighted by atomic mass is 10.1. The van der Waals surface area contributed by atoms with Gasteiger partial charge in [0.25, 0.3) is 5.69 Å². The number of ether oxygens (including phenoxy) is 3. The number of benzene rings is 1. The maximum Gasteiger partial charge on any atom is 0.410 e. The number of amides is 1. The first kappa shape index (κ1) is 21.4. The molecule has 1 aliphatic rings. The van der Waals surface area contributed by atoms with Gasteiger partial charge < -0.3 is 19.1 Å². The van der Waals surface area contributed by atoms with Crippen LogP contribution in [0.25, 0.3) is 0 Å². The highest BCUT2D eigenvalue weighted by atomic mass is 19.1. The Morgan fingerprint density at radius 3 is 2.36 bits per heavy atom. The van der Waals surface area contributed by atoms with Crippen LogP contribution in [0.15, 0.2) is 12.1 Å². The third-order valence-corrected chi connectivity index (χ3v) is 4.04. The minimum atomic E-state index is -0.962. The molecular formula is C18H23FN2O7. The first-order valence-corrected chi connectivity index (χ1v) is 8.72. The molecule has 10 heteroatoms. The number of hydrogen-bond acceptors (Lipinski definition) is 7. The van der Waals surface area contributed by atoms with Gasteiger partial charge in [0.05, 0.1) is 18.1 Å². The average molecular weight is 398 g/mol. The molecule has 1 fully saturated rings. The van der Waals surface area contributed by atoms with Crippen LogP contribution < -0.4 is 4.74 Å². The molecule has 0 aromatic heterocycles. The van der Waals surface area contributed by atoms with Crippen LogP contribution in [0.4, 0.5) is 14.9 Å². The van der Waals surface area contributed by atoms with Crippen molar-refractivity contribution in [1.29, 1.82) is 0 Å². The monoisotopic (exact) mass is 398 g/mol. The quantitative estimate of drug-likeness (QED) is 0.435. The Kier molecular flexibility index (Phi) is 6.42. The maximum atomic E-state index is 14.2. The fourth-order valence-electron chi connectivity index (χ4n) is 2.72. The zero-order valence-electron chi connectivity index (χ0n) is 16.2. The van der Waals surface area contributed by atoms with Crippen molar-refractivity contribution in [2.24, 2.45) is 0 Å². The number of carbonyl (C=O) groups excluding carboxylic acids is 2. The number of methoxy groups -OCH3 is 1. The molecule has 9 nitrogen and oxygen atoms in total. The van der Waals surface area contributed by atoms with Gasteiger partial charge in [-0.25, -0.2) is 14.0 Å². The van der Waals surface area contributed by atoms with Crippen molar-refractivity contribution in [1.82, 2.24) is 4.90 Å². The normalized spacial score (nSPS) is 15.1. The van der Waals surface area contributed by atoms with Gasteiger partial charge in [0.2, 0.25) is 0 Å². The summed E-state index contributed by atoms with van der Waals surface area (Å²) in [5.41, 5.74) is -1.69. The predicted molar refractivity (Wildman–Crippen MR) is 95.9 cm³/mol. The van der Waals surface area contributed by atoms with Crippen molar-refractivity contribution in [2.75, 3.05) is 20.2 Å². The number of halogens is 1. The highest BCUT2D eigenvalue weighted by Crippen LogP contribution is 2.30. The number of rotatable bonds is 4. The van der Waals surface area contributed by atoms with E-state index in [1.54, 1.807) is 20.8 Å². The summed E-state index contributed by atoms with van der Waals surface area (Å²) in [4.78, 5) is 35.5. The Labute approximate surface area is 161 Å². The van der Waals surface area contributed by atoms with Gasteiger partial charge in [-0.1, -0.05) is 0 Å². The lowest BCUT2D eigenvalue weighted by Crippen LogP contribution is -2.44. The molecule has 1 aromatic rings. The molecule has 0 atom stereocenters. The largest absolute Gasteiger partial charge is 0.487 e. The first-order chi connectivity index (χ1) is 13.0. The zero-order valence-corrected chi connectivity index (χ0v) is 16.2. The first-order valence-electron chi connectivity index (χ1n) is 8.72. The molecule has 0 bridgehead atoms. The Morgan fingerprint density at radius 2 is 1.86 bits per heavy atom. The fraction of sp³-hybridized carbons (Fsp3) is 0.556. The van der Waals surface area contributed by atoms with Crippen LogP contribution in [0, 0.1) is 15.9 Å². The third kappa shape index (κ3) is 5.30. The molecule has 2 rings (SSSR count). The second-order valence-corrected chi connectivity index (χ2v) is 7.33. The van der Waals surface area contributed by atoms with Gasteiger partial charge in [0.15, 0.2) is 11.6 Å². The van der Waals surface area contributed by atoms with Crippen molar-refractivity contribution in [3.63, 3.8) is 0 Å². The maximum absolute atomic E-state index is 14.2. The van der Waals surface area contributed by atoms with E-state index in [0.29, 0.717) is 32.0 Å². The van der Waals surface area contributed by atoms with E-state index in [0.717, 1.165) is 13.2 Å². The molecule has 0 saturated carbocycles. The lowest BCUT2D eigenvalue weighted by molar-refractivity contribution is -0.385. The molecule has 1 amide bonds. The van der Waals surface area contributed by atoms with Gasteiger partial charge in [-0.2, -0.15) is 0 Å². The highest BCUT2D eigenvalue weighted by Gasteiger charge is 2.30. The smallest absolute Gasteiger partial charge is 0.410 e. The van der Waals surface area contributed by atoms with Crippen LogP contribution in [-0.2, 0) is 9.47 Å². The van der Waals surface area contributed by atoms with Gasteiger partial charge >= 0.3 is 12.1 Å². The minimum Gasteiger partial charge on any atom is -0.487 e. The third-order valence-electron chi connectivity index (χ3n) is 4.04. The molecule has 1 aromatic carbocycles. The van der Waals surface area contributed by atoms with Gasteiger partial charge in [-0.15, -0.1) is 0 Å². The van der Waals surface area contributed by atoms with Gasteiger partial charge in [0.1, 0.15) is 17.3 Å². The SMILES string of the molecule is COC(=O)c1cc(OC2CCN(C(=O)OC(C)(C)C)CC2)c(F)cc1[N+](=O)[O-]. The number of piperidine rings is 1. The molecule has 0 spiro atoms. The minimum absolute atomic E-state index is 0.276. The van der Waals surface area contributed by atoms with Crippen LogP contribution in [0.1, 0.15) is 44.0 Å². The summed E-state index contributed by atoms with van der Waals surface area (Å²) in [5, 5.41) is 11.0. The number of nitrogens with zero attached hydrogens (tertiary/aromatic N) is 2. The molecule has 0 N–H and O–H groups in total. The van der Waals surface area contributed by atoms with Crippen LogP contribution >= 0.6 is 0 Å². The fourth-order valence-corrected chi connectivity index (χ4v) is 2.72. The predicted octanol–water partition coefficient (Wildman–Crippen LogP) is 3.30. The summed E-state index contributed by atoms with van der Waals surface area (Å²) >= 11 is 0. The van der Waals surface area contributed by atoms with Gasteiger partial charge in [0, 0.05) is 32.0 Å².